The van der Waals surface area contributed by atoms with Crippen LogP contribution in [0.25, 0.3) is 78.2 Å². The molecule has 0 fully saturated rings. The van der Waals surface area contributed by atoms with Gasteiger partial charge in [0.15, 0.2) is 0 Å². The molecule has 2 nitrogen and oxygen atoms in total. The molecule has 2 heteroatoms. The molecular formula is C75H72N2. The summed E-state index contributed by atoms with van der Waals surface area (Å²) in [5, 5.41) is 13.0. The van der Waals surface area contributed by atoms with Crippen molar-refractivity contribution < 1.29 is 0 Å². The monoisotopic (exact) mass is 1000 g/mol. The van der Waals surface area contributed by atoms with Gasteiger partial charge in [-0.2, -0.15) is 0 Å². The zero-order valence-corrected chi connectivity index (χ0v) is 46.5. The van der Waals surface area contributed by atoms with Gasteiger partial charge in [0.2, 0.25) is 0 Å². The first kappa shape index (κ1) is 53.1. The molecule has 0 aliphatic carbocycles. The number of benzene rings is 12. The van der Waals surface area contributed by atoms with Crippen LogP contribution in [0.2, 0.25) is 0 Å². The predicted molar refractivity (Wildman–Crippen MR) is 342 cm³/mol. The van der Waals surface area contributed by atoms with Gasteiger partial charge in [0.1, 0.15) is 0 Å². The molecule has 0 radical (unpaired) electrons. The van der Waals surface area contributed by atoms with Gasteiger partial charge >= 0.3 is 0 Å². The number of nitrogens with zero attached hydrogens (tertiary/aromatic N) is 2. The van der Waals surface area contributed by atoms with Gasteiger partial charge in [-0.15, -0.1) is 0 Å². The number of hydrogen-bond acceptors (Lipinski definition) is 2. The van der Waals surface area contributed by atoms with E-state index in [1.165, 1.54) is 115 Å². The Hall–Kier alpha value is -8.72. The van der Waals surface area contributed by atoms with Crippen molar-refractivity contribution in [2.24, 2.45) is 0 Å². The van der Waals surface area contributed by atoms with Crippen LogP contribution in [0, 0.1) is 27.7 Å². The van der Waals surface area contributed by atoms with Crippen LogP contribution in [0.3, 0.4) is 0 Å². The summed E-state index contributed by atoms with van der Waals surface area (Å²) < 4.78 is 0. The molecule has 0 saturated carbocycles. The van der Waals surface area contributed by atoms with Gasteiger partial charge in [-0.1, -0.05) is 257 Å². The van der Waals surface area contributed by atoms with Crippen molar-refractivity contribution in [3.05, 3.63) is 269 Å². The minimum Gasteiger partial charge on any atom is -0.342 e. The Morgan fingerprint density at radius 2 is 0.610 bits per heavy atom. The molecule has 382 valence electrons. The zero-order valence-electron chi connectivity index (χ0n) is 46.5. The summed E-state index contributed by atoms with van der Waals surface area (Å²) >= 11 is 0. The lowest BCUT2D eigenvalue weighted by Gasteiger charge is -2.30. The lowest BCUT2D eigenvalue weighted by Crippen LogP contribution is -2.17. The molecule has 12 aromatic carbocycles. The van der Waals surface area contributed by atoms with Gasteiger partial charge in [-0.3, -0.25) is 0 Å². The van der Waals surface area contributed by atoms with Gasteiger partial charge in [0.05, 0.1) is 5.69 Å². The van der Waals surface area contributed by atoms with Crippen molar-refractivity contribution >= 4 is 107 Å². The van der Waals surface area contributed by atoms with E-state index in [0.717, 1.165) is 24.3 Å². The van der Waals surface area contributed by atoms with Gasteiger partial charge in [0.25, 0.3) is 0 Å². The molecule has 0 bridgehead atoms. The number of fused-ring (bicyclic) bond motifs is 4. The normalized spacial score (nSPS) is 11.2. The third-order valence-corrected chi connectivity index (χ3v) is 14.2. The summed E-state index contributed by atoms with van der Waals surface area (Å²) in [5.41, 5.74) is 15.9. The molecule has 0 saturated heterocycles. The molecule has 0 spiro atoms. The topological polar surface area (TPSA) is 6.48 Å². The second kappa shape index (κ2) is 24.7. The predicted octanol–water partition coefficient (Wildman–Crippen LogP) is 22.2. The number of anilines is 5. The van der Waals surface area contributed by atoms with E-state index < -0.39 is 0 Å². The number of hydrogen-bond donors (Lipinski definition) is 0. The van der Waals surface area contributed by atoms with E-state index in [1.807, 2.05) is 27.7 Å². The fourth-order valence-electron chi connectivity index (χ4n) is 10.4. The summed E-state index contributed by atoms with van der Waals surface area (Å²) in [7, 11) is 0. The number of aryl methyl sites for hydroxylation is 4. The SMILES string of the molecule is CC.CC.CCCN(c1ccc(C)cc1)c1ccc(/C=C/c2ccc(C)cc2)cc1.Cc1ccc(/C=C/c2ccc(N(c3ccc(C)cc3)c3c4ccccc4c4c5cccc6cccc(c7cccc3c74)c65)cc2)cc1. The summed E-state index contributed by atoms with van der Waals surface area (Å²) in [6.07, 6.45) is 9.83. The third kappa shape index (κ3) is 11.6. The van der Waals surface area contributed by atoms with E-state index >= 15 is 0 Å². The zero-order chi connectivity index (χ0) is 53.8. The highest BCUT2D eigenvalue weighted by Gasteiger charge is 2.23. The average Bonchev–Trinajstić information content (AvgIpc) is 3.49. The molecule has 0 unspecified atom stereocenters. The van der Waals surface area contributed by atoms with E-state index in [4.69, 9.17) is 0 Å². The van der Waals surface area contributed by atoms with E-state index in [2.05, 4.69) is 293 Å². The summed E-state index contributed by atoms with van der Waals surface area (Å²) in [5.74, 6) is 0. The molecule has 0 N–H and O–H groups in total. The molecule has 0 amide bonds. The van der Waals surface area contributed by atoms with Crippen LogP contribution in [0.4, 0.5) is 28.4 Å². The molecule has 0 atom stereocenters. The van der Waals surface area contributed by atoms with E-state index in [0.29, 0.717) is 0 Å². The Bertz CT molecular complexity index is 3900. The molecule has 77 heavy (non-hydrogen) atoms. The highest BCUT2D eigenvalue weighted by atomic mass is 15.1. The van der Waals surface area contributed by atoms with Crippen molar-refractivity contribution in [2.45, 2.75) is 68.7 Å². The van der Waals surface area contributed by atoms with Crippen LogP contribution in [-0.2, 0) is 0 Å². The Morgan fingerprint density at radius 3 is 1.08 bits per heavy atom. The van der Waals surface area contributed by atoms with E-state index in [1.54, 1.807) is 0 Å². The van der Waals surface area contributed by atoms with Gasteiger partial charge < -0.3 is 9.80 Å². The maximum atomic E-state index is 2.46. The quantitative estimate of drug-likeness (QED) is 0.0724. The fraction of sp³-hybridized carbons (Fsp3) is 0.147. The van der Waals surface area contributed by atoms with Gasteiger partial charge in [-0.05, 0) is 143 Å². The van der Waals surface area contributed by atoms with Crippen molar-refractivity contribution in [2.75, 3.05) is 16.3 Å². The molecule has 0 aliphatic rings. The van der Waals surface area contributed by atoms with Crippen LogP contribution in [-0.4, -0.2) is 6.54 Å². The highest BCUT2D eigenvalue weighted by molar-refractivity contribution is 6.40. The second-order valence-corrected chi connectivity index (χ2v) is 19.5. The Labute approximate surface area is 458 Å². The van der Waals surface area contributed by atoms with Crippen LogP contribution < -0.4 is 9.80 Å². The third-order valence-electron chi connectivity index (χ3n) is 14.2. The largest absolute Gasteiger partial charge is 0.342 e. The van der Waals surface area contributed by atoms with Crippen molar-refractivity contribution in [1.82, 2.24) is 0 Å². The van der Waals surface area contributed by atoms with Crippen molar-refractivity contribution in [1.29, 1.82) is 0 Å². The Balaban J connectivity index is 0.000000205. The standard InChI is InChI=1S/C46H33N.C25H27N.2C2H6/c1-30-16-20-32(21-17-30)22-23-33-24-28-36(29-25-33)47(35-26-18-31(2)19-27-35)46-40-11-4-3-10-39(40)44-41-14-6-9-34-8-5-12-37(43(34)41)38-13-7-15-42(46)45(38)44;1-4-19-26(24-15-7-21(3)8-16-24)25-17-13-23(14-18-25)12-11-22-9-5-20(2)6-10-22;2*1-2/h3-29H,1-2H3;5-18H,4,19H2,1-3H3;2*1-2H3/b23-22+;12-11+;;. The second-order valence-electron chi connectivity index (χ2n) is 19.5. The fourth-order valence-corrected chi connectivity index (χ4v) is 10.4. The first-order valence-corrected chi connectivity index (χ1v) is 27.7. The Morgan fingerprint density at radius 1 is 0.299 bits per heavy atom. The Kier molecular flexibility index (Phi) is 17.1. The van der Waals surface area contributed by atoms with Gasteiger partial charge in [0, 0.05) is 45.5 Å². The first-order valence-electron chi connectivity index (χ1n) is 27.7. The van der Waals surface area contributed by atoms with Crippen LogP contribution in [0.15, 0.2) is 224 Å². The number of rotatable bonds is 11. The minimum absolute atomic E-state index is 1.02. The minimum atomic E-state index is 1.02. The molecular weight excluding hydrogens is 929 g/mol. The van der Waals surface area contributed by atoms with Crippen molar-refractivity contribution in [3.63, 3.8) is 0 Å². The average molecular weight is 1000 g/mol. The van der Waals surface area contributed by atoms with Crippen LogP contribution in [0.1, 0.15) is 85.5 Å². The molecule has 0 aliphatic heterocycles. The van der Waals surface area contributed by atoms with E-state index in [9.17, 15) is 0 Å². The molecule has 12 aromatic rings. The lowest BCUT2D eigenvalue weighted by molar-refractivity contribution is 0.885. The summed E-state index contributed by atoms with van der Waals surface area (Å²) in [4.78, 5) is 4.84. The van der Waals surface area contributed by atoms with Crippen LogP contribution >= 0.6 is 0 Å². The summed E-state index contributed by atoms with van der Waals surface area (Å²) in [6.45, 7) is 19.8. The smallest absolute Gasteiger partial charge is 0.0619 e. The molecule has 0 aromatic heterocycles. The van der Waals surface area contributed by atoms with Crippen LogP contribution in [0.5, 0.6) is 0 Å². The summed E-state index contributed by atoms with van der Waals surface area (Å²) in [6, 6.07) is 82.0. The first-order chi connectivity index (χ1) is 37.8. The van der Waals surface area contributed by atoms with Gasteiger partial charge in [-0.25, -0.2) is 0 Å². The maximum Gasteiger partial charge on any atom is 0.0619 e. The van der Waals surface area contributed by atoms with Crippen molar-refractivity contribution in [3.8, 4) is 0 Å². The molecule has 12 rings (SSSR count). The molecule has 0 heterocycles. The maximum absolute atomic E-state index is 2.46. The highest BCUT2D eigenvalue weighted by Crippen LogP contribution is 2.50. The van der Waals surface area contributed by atoms with E-state index in [-0.39, 0.29) is 0 Å². The lowest BCUT2D eigenvalue weighted by atomic mass is 9.86.